The smallest absolute Gasteiger partial charge is 0.120 e. The van der Waals surface area contributed by atoms with Crippen molar-refractivity contribution in [2.45, 2.75) is 19.4 Å². The van der Waals surface area contributed by atoms with E-state index in [1.807, 2.05) is 25.3 Å². The molecule has 1 atom stereocenters. The van der Waals surface area contributed by atoms with E-state index in [0.717, 1.165) is 17.7 Å². The number of ether oxygens (including phenoxy) is 1. The van der Waals surface area contributed by atoms with Crippen molar-refractivity contribution in [2.24, 2.45) is 5.73 Å². The van der Waals surface area contributed by atoms with Crippen LogP contribution in [0.25, 0.3) is 10.9 Å². The number of nitrogens with one attached hydrogen (secondary N) is 1. The number of aromatic nitrogens is 1. The maximum absolute atomic E-state index is 5.79. The number of nitrogens with two attached hydrogens (primary N) is 1. The summed E-state index contributed by atoms with van der Waals surface area (Å²) in [5.41, 5.74) is 8.16. The zero-order valence-electron chi connectivity index (χ0n) is 9.49. The summed E-state index contributed by atoms with van der Waals surface area (Å²) in [4.78, 5) is 3.23. The minimum Gasteiger partial charge on any atom is -0.497 e. The van der Waals surface area contributed by atoms with Gasteiger partial charge in [-0.15, -0.1) is 12.4 Å². The van der Waals surface area contributed by atoms with E-state index in [1.165, 1.54) is 10.9 Å². The Balaban J connectivity index is 0.00000128. The van der Waals surface area contributed by atoms with Gasteiger partial charge in [0.1, 0.15) is 5.75 Å². The lowest BCUT2D eigenvalue weighted by atomic mass is 10.1. The first-order chi connectivity index (χ1) is 7.20. The predicted octanol–water partition coefficient (Wildman–Crippen LogP) is 2.49. The minimum absolute atomic E-state index is 0. The van der Waals surface area contributed by atoms with Gasteiger partial charge in [-0.3, -0.25) is 0 Å². The highest BCUT2D eigenvalue weighted by atomic mass is 35.5. The number of hydrogen-bond acceptors (Lipinski definition) is 2. The quantitative estimate of drug-likeness (QED) is 0.866. The maximum atomic E-state index is 5.79. The molecule has 1 aromatic heterocycles. The highest BCUT2D eigenvalue weighted by molar-refractivity contribution is 5.85. The monoisotopic (exact) mass is 240 g/mol. The normalized spacial score (nSPS) is 12.2. The first kappa shape index (κ1) is 12.9. The molecule has 2 rings (SSSR count). The number of fused-ring (bicyclic) bond motifs is 1. The third kappa shape index (κ3) is 2.49. The van der Waals surface area contributed by atoms with Gasteiger partial charge in [-0.2, -0.15) is 0 Å². The van der Waals surface area contributed by atoms with Crippen molar-refractivity contribution in [1.29, 1.82) is 0 Å². The maximum Gasteiger partial charge on any atom is 0.120 e. The topological polar surface area (TPSA) is 51.0 Å². The molecule has 0 saturated heterocycles. The van der Waals surface area contributed by atoms with Crippen LogP contribution in [0.4, 0.5) is 0 Å². The lowest BCUT2D eigenvalue weighted by Crippen LogP contribution is -2.17. The third-order valence-corrected chi connectivity index (χ3v) is 2.52. The predicted molar refractivity (Wildman–Crippen MR) is 69.5 cm³/mol. The molecule has 16 heavy (non-hydrogen) atoms. The van der Waals surface area contributed by atoms with E-state index < -0.39 is 0 Å². The van der Waals surface area contributed by atoms with Gasteiger partial charge in [0.2, 0.25) is 0 Å². The fraction of sp³-hybridized carbons (Fsp3) is 0.333. The Morgan fingerprint density at radius 3 is 2.81 bits per heavy atom. The lowest BCUT2D eigenvalue weighted by Gasteiger charge is -2.03. The van der Waals surface area contributed by atoms with E-state index in [4.69, 9.17) is 10.5 Å². The van der Waals surface area contributed by atoms with E-state index in [2.05, 4.69) is 11.1 Å². The minimum atomic E-state index is 0. The number of benzene rings is 1. The number of H-pyrrole nitrogens is 1. The van der Waals surface area contributed by atoms with Gasteiger partial charge in [-0.1, -0.05) is 0 Å². The molecule has 0 bridgehead atoms. The van der Waals surface area contributed by atoms with E-state index >= 15 is 0 Å². The van der Waals surface area contributed by atoms with Crippen LogP contribution in [0.5, 0.6) is 5.75 Å². The number of hydrogen-bond donors (Lipinski definition) is 2. The Hall–Kier alpha value is -1.19. The summed E-state index contributed by atoms with van der Waals surface area (Å²) < 4.78 is 5.17. The Morgan fingerprint density at radius 2 is 2.19 bits per heavy atom. The largest absolute Gasteiger partial charge is 0.497 e. The Morgan fingerprint density at radius 1 is 1.44 bits per heavy atom. The van der Waals surface area contributed by atoms with Gasteiger partial charge in [0.25, 0.3) is 0 Å². The van der Waals surface area contributed by atoms with Crippen LogP contribution in [-0.2, 0) is 6.42 Å². The number of aromatic amines is 1. The lowest BCUT2D eigenvalue weighted by molar-refractivity contribution is 0.415. The average molecular weight is 241 g/mol. The summed E-state index contributed by atoms with van der Waals surface area (Å²) in [5, 5.41) is 1.23. The first-order valence-corrected chi connectivity index (χ1v) is 5.10. The van der Waals surface area contributed by atoms with Gasteiger partial charge >= 0.3 is 0 Å². The van der Waals surface area contributed by atoms with Crippen LogP contribution in [0.15, 0.2) is 24.4 Å². The molecule has 0 fully saturated rings. The van der Waals surface area contributed by atoms with Crippen molar-refractivity contribution in [3.63, 3.8) is 0 Å². The highest BCUT2D eigenvalue weighted by Gasteiger charge is 2.06. The molecule has 3 N–H and O–H groups in total. The van der Waals surface area contributed by atoms with Crippen molar-refractivity contribution in [2.75, 3.05) is 7.11 Å². The molecule has 88 valence electrons. The zero-order valence-corrected chi connectivity index (χ0v) is 10.3. The van der Waals surface area contributed by atoms with Gasteiger partial charge in [0, 0.05) is 29.2 Å². The summed E-state index contributed by atoms with van der Waals surface area (Å²) in [6, 6.07) is 6.23. The van der Waals surface area contributed by atoms with Gasteiger partial charge in [0.15, 0.2) is 0 Å². The summed E-state index contributed by atoms with van der Waals surface area (Å²) in [6.45, 7) is 2.02. The second kappa shape index (κ2) is 5.23. The number of rotatable bonds is 3. The van der Waals surface area contributed by atoms with Crippen LogP contribution in [-0.4, -0.2) is 18.1 Å². The van der Waals surface area contributed by atoms with Crippen molar-refractivity contribution >= 4 is 23.3 Å². The standard InChI is InChI=1S/C12H16N2O.ClH/c1-8(13)5-9-7-14-12-6-10(15-2)3-4-11(9)12;/h3-4,6-8,14H,5,13H2,1-2H3;1H. The molecule has 2 aromatic rings. The van der Waals surface area contributed by atoms with Crippen LogP contribution in [0, 0.1) is 0 Å². The second-order valence-electron chi connectivity index (χ2n) is 3.91. The van der Waals surface area contributed by atoms with E-state index in [-0.39, 0.29) is 18.4 Å². The Bertz CT molecular complexity index is 465. The fourth-order valence-corrected chi connectivity index (χ4v) is 1.81. The molecule has 1 aromatic carbocycles. The molecule has 0 aliphatic heterocycles. The molecular weight excluding hydrogens is 224 g/mol. The molecule has 0 radical (unpaired) electrons. The van der Waals surface area contributed by atoms with Crippen LogP contribution >= 0.6 is 12.4 Å². The summed E-state index contributed by atoms with van der Waals surface area (Å²) in [5.74, 6) is 0.872. The summed E-state index contributed by atoms with van der Waals surface area (Å²) in [6.07, 6.45) is 2.92. The van der Waals surface area contributed by atoms with Gasteiger partial charge < -0.3 is 15.5 Å². The molecule has 0 spiro atoms. The van der Waals surface area contributed by atoms with Crippen molar-refractivity contribution in [3.05, 3.63) is 30.0 Å². The molecule has 0 saturated carbocycles. The molecular formula is C12H17ClN2O. The van der Waals surface area contributed by atoms with Crippen molar-refractivity contribution in [3.8, 4) is 5.75 Å². The molecule has 0 amide bonds. The summed E-state index contributed by atoms with van der Waals surface area (Å²) in [7, 11) is 1.67. The van der Waals surface area contributed by atoms with Crippen LogP contribution in [0.2, 0.25) is 0 Å². The van der Waals surface area contributed by atoms with E-state index in [9.17, 15) is 0 Å². The number of methoxy groups -OCH3 is 1. The molecule has 1 heterocycles. The first-order valence-electron chi connectivity index (χ1n) is 5.10. The van der Waals surface area contributed by atoms with Crippen LogP contribution in [0.3, 0.4) is 0 Å². The molecule has 0 aliphatic carbocycles. The number of halogens is 1. The van der Waals surface area contributed by atoms with Gasteiger partial charge in [-0.25, -0.2) is 0 Å². The third-order valence-electron chi connectivity index (χ3n) is 2.52. The fourth-order valence-electron chi connectivity index (χ4n) is 1.81. The van der Waals surface area contributed by atoms with Gasteiger partial charge in [0.05, 0.1) is 7.11 Å². The molecule has 1 unspecified atom stereocenters. The van der Waals surface area contributed by atoms with Crippen LogP contribution in [0.1, 0.15) is 12.5 Å². The SMILES string of the molecule is COc1ccc2c(CC(C)N)c[nH]c2c1.Cl. The van der Waals surface area contributed by atoms with Gasteiger partial charge in [-0.05, 0) is 31.0 Å². The van der Waals surface area contributed by atoms with E-state index in [1.54, 1.807) is 7.11 Å². The van der Waals surface area contributed by atoms with Crippen molar-refractivity contribution in [1.82, 2.24) is 4.98 Å². The van der Waals surface area contributed by atoms with Crippen LogP contribution < -0.4 is 10.5 Å². The zero-order chi connectivity index (χ0) is 10.8. The second-order valence-corrected chi connectivity index (χ2v) is 3.91. The van der Waals surface area contributed by atoms with E-state index in [0.29, 0.717) is 0 Å². The molecule has 4 heteroatoms. The average Bonchev–Trinajstić information content (AvgIpc) is 2.60. The highest BCUT2D eigenvalue weighted by Crippen LogP contribution is 2.23. The molecule has 3 nitrogen and oxygen atoms in total. The van der Waals surface area contributed by atoms with Crippen molar-refractivity contribution < 1.29 is 4.74 Å². The Labute approximate surface area is 101 Å². The Kier molecular flexibility index (Phi) is 4.21. The molecule has 0 aliphatic rings. The summed E-state index contributed by atoms with van der Waals surface area (Å²) >= 11 is 0.